The summed E-state index contributed by atoms with van der Waals surface area (Å²) in [6, 6.07) is 6.22. The van der Waals surface area contributed by atoms with Crippen LogP contribution >= 0.6 is 0 Å². The third-order valence-electron chi connectivity index (χ3n) is 4.78. The topological polar surface area (TPSA) is 87.2 Å². The van der Waals surface area contributed by atoms with Gasteiger partial charge in [0.2, 0.25) is 5.91 Å². The first-order valence-corrected chi connectivity index (χ1v) is 10.3. The number of carbonyl (C=O) groups excluding carboxylic acids is 1. The molecule has 29 heavy (non-hydrogen) atoms. The van der Waals surface area contributed by atoms with Crippen molar-refractivity contribution in [1.29, 1.82) is 0 Å². The maximum absolute atomic E-state index is 11.6. The first-order chi connectivity index (χ1) is 14.0. The number of nitrogens with one attached hydrogen (secondary N) is 3. The van der Waals surface area contributed by atoms with Gasteiger partial charge in [-0.3, -0.25) is 9.79 Å². The minimum atomic E-state index is -0.00921. The van der Waals surface area contributed by atoms with Crippen LogP contribution in [-0.4, -0.2) is 64.9 Å². The van der Waals surface area contributed by atoms with E-state index in [0.717, 1.165) is 49.2 Å². The molecule has 1 aliphatic rings. The van der Waals surface area contributed by atoms with Crippen LogP contribution in [0.4, 0.5) is 5.69 Å². The van der Waals surface area contributed by atoms with Crippen molar-refractivity contribution in [3.05, 3.63) is 18.2 Å². The van der Waals surface area contributed by atoms with Crippen molar-refractivity contribution in [2.75, 3.05) is 51.8 Å². The van der Waals surface area contributed by atoms with Crippen LogP contribution in [0.5, 0.6) is 11.5 Å². The van der Waals surface area contributed by atoms with Crippen molar-refractivity contribution in [3.63, 3.8) is 0 Å². The van der Waals surface area contributed by atoms with Gasteiger partial charge in [0.1, 0.15) is 11.5 Å². The molecule has 1 aliphatic heterocycles. The van der Waals surface area contributed by atoms with E-state index in [9.17, 15) is 4.79 Å². The molecule has 1 amide bonds. The Labute approximate surface area is 174 Å². The van der Waals surface area contributed by atoms with Crippen LogP contribution in [-0.2, 0) is 4.79 Å². The third-order valence-corrected chi connectivity index (χ3v) is 4.78. The number of benzene rings is 1. The van der Waals surface area contributed by atoms with Crippen molar-refractivity contribution in [2.24, 2.45) is 10.9 Å². The van der Waals surface area contributed by atoms with Crippen molar-refractivity contribution in [2.45, 2.75) is 33.2 Å². The molecule has 162 valence electrons. The summed E-state index contributed by atoms with van der Waals surface area (Å²) in [6.07, 6.45) is 1.01. The lowest BCUT2D eigenvalue weighted by Gasteiger charge is -2.21. The van der Waals surface area contributed by atoms with Crippen molar-refractivity contribution < 1.29 is 14.3 Å². The Morgan fingerprint density at radius 2 is 1.90 bits per heavy atom. The van der Waals surface area contributed by atoms with Crippen LogP contribution in [0.25, 0.3) is 0 Å². The molecule has 3 N–H and O–H groups in total. The predicted octanol–water partition coefficient (Wildman–Crippen LogP) is 1.61. The molecule has 1 heterocycles. The van der Waals surface area contributed by atoms with Crippen molar-refractivity contribution >= 4 is 17.6 Å². The molecule has 0 aliphatic carbocycles. The molecule has 1 unspecified atom stereocenters. The number of hydrogen-bond donors (Lipinski definition) is 3. The van der Waals surface area contributed by atoms with Crippen LogP contribution < -0.4 is 30.3 Å². The molecular weight excluding hydrogens is 370 g/mol. The highest BCUT2D eigenvalue weighted by Crippen LogP contribution is 2.30. The highest BCUT2D eigenvalue weighted by atomic mass is 16.5. The number of carbonyl (C=O) groups is 1. The van der Waals surface area contributed by atoms with E-state index in [1.54, 1.807) is 14.2 Å². The fourth-order valence-electron chi connectivity index (χ4n) is 3.15. The summed E-state index contributed by atoms with van der Waals surface area (Å²) >= 11 is 0. The number of guanidine groups is 1. The molecule has 8 nitrogen and oxygen atoms in total. The zero-order valence-corrected chi connectivity index (χ0v) is 18.2. The first kappa shape index (κ1) is 22.6. The number of rotatable bonds is 9. The second-order valence-corrected chi connectivity index (χ2v) is 7.35. The van der Waals surface area contributed by atoms with Crippen LogP contribution in [0, 0.1) is 5.92 Å². The van der Waals surface area contributed by atoms with Gasteiger partial charge in [-0.15, -0.1) is 0 Å². The minimum absolute atomic E-state index is 0.00921. The van der Waals surface area contributed by atoms with Crippen LogP contribution in [0.2, 0.25) is 0 Å². The number of methoxy groups -OCH3 is 2. The van der Waals surface area contributed by atoms with E-state index in [-0.39, 0.29) is 17.9 Å². The lowest BCUT2D eigenvalue weighted by molar-refractivity contribution is -0.123. The maximum Gasteiger partial charge on any atom is 0.222 e. The minimum Gasteiger partial charge on any atom is -0.497 e. The van der Waals surface area contributed by atoms with E-state index in [1.807, 2.05) is 39.0 Å². The van der Waals surface area contributed by atoms with Gasteiger partial charge in [0.25, 0.3) is 0 Å². The smallest absolute Gasteiger partial charge is 0.222 e. The molecule has 0 saturated carbocycles. The molecule has 1 aromatic rings. The van der Waals surface area contributed by atoms with Gasteiger partial charge in [-0.2, -0.15) is 0 Å². The van der Waals surface area contributed by atoms with Gasteiger partial charge in [0.05, 0.1) is 20.8 Å². The number of ether oxygens (including phenoxy) is 2. The molecule has 1 atom stereocenters. The van der Waals surface area contributed by atoms with E-state index in [2.05, 4.69) is 25.8 Å². The fraction of sp³-hybridized carbons (Fsp3) is 0.619. The Balaban J connectivity index is 1.92. The third kappa shape index (κ3) is 7.03. The average molecular weight is 406 g/mol. The zero-order valence-electron chi connectivity index (χ0n) is 18.2. The van der Waals surface area contributed by atoms with Gasteiger partial charge in [-0.1, -0.05) is 13.8 Å². The van der Waals surface area contributed by atoms with E-state index >= 15 is 0 Å². The summed E-state index contributed by atoms with van der Waals surface area (Å²) in [5.41, 5.74) is 1.09. The van der Waals surface area contributed by atoms with Crippen molar-refractivity contribution in [1.82, 2.24) is 16.0 Å². The lowest BCUT2D eigenvalue weighted by atomic mass is 10.2. The summed E-state index contributed by atoms with van der Waals surface area (Å²) in [7, 11) is 3.32. The number of anilines is 1. The Morgan fingerprint density at radius 1 is 1.21 bits per heavy atom. The summed E-state index contributed by atoms with van der Waals surface area (Å²) in [5, 5.41) is 9.68. The standard InChI is InChI=1S/C21H35N5O3/c1-6-22-21(24-9-8-23-20(27)15(2)3)25-16-7-10-26(14-16)17-11-18(28-4)13-19(12-17)29-5/h11-13,15-16H,6-10,14H2,1-5H3,(H,23,27)(H2,22,24,25). The van der Waals surface area contributed by atoms with E-state index < -0.39 is 0 Å². The number of hydrogen-bond acceptors (Lipinski definition) is 5. The summed E-state index contributed by atoms with van der Waals surface area (Å²) in [4.78, 5) is 18.5. The van der Waals surface area contributed by atoms with Gasteiger partial charge in [-0.05, 0) is 13.3 Å². The Bertz CT molecular complexity index is 671. The van der Waals surface area contributed by atoms with Gasteiger partial charge in [0, 0.05) is 62.0 Å². The number of nitrogens with zero attached hydrogens (tertiary/aromatic N) is 2. The molecule has 1 saturated heterocycles. The Kier molecular flexibility index (Phi) is 8.89. The van der Waals surface area contributed by atoms with Crippen LogP contribution in [0.15, 0.2) is 23.2 Å². The second-order valence-electron chi connectivity index (χ2n) is 7.35. The largest absolute Gasteiger partial charge is 0.497 e. The molecule has 0 bridgehead atoms. The van der Waals surface area contributed by atoms with E-state index in [1.165, 1.54) is 0 Å². The molecule has 1 fully saturated rings. The normalized spacial score (nSPS) is 16.7. The van der Waals surface area contributed by atoms with Gasteiger partial charge >= 0.3 is 0 Å². The summed E-state index contributed by atoms with van der Waals surface area (Å²) < 4.78 is 10.8. The van der Waals surface area contributed by atoms with E-state index in [4.69, 9.17) is 9.47 Å². The molecule has 1 aromatic carbocycles. The fourth-order valence-corrected chi connectivity index (χ4v) is 3.15. The highest BCUT2D eigenvalue weighted by molar-refractivity contribution is 5.80. The number of aliphatic imine (C=N–C) groups is 1. The quantitative estimate of drug-likeness (QED) is 0.329. The maximum atomic E-state index is 11.6. The molecular formula is C21H35N5O3. The highest BCUT2D eigenvalue weighted by Gasteiger charge is 2.24. The first-order valence-electron chi connectivity index (χ1n) is 10.3. The summed E-state index contributed by atoms with van der Waals surface area (Å²) in [5.74, 6) is 2.40. The van der Waals surface area contributed by atoms with Gasteiger partial charge < -0.3 is 30.3 Å². The molecule has 0 radical (unpaired) electrons. The lowest BCUT2D eigenvalue weighted by Crippen LogP contribution is -2.45. The zero-order chi connectivity index (χ0) is 21.2. The van der Waals surface area contributed by atoms with Gasteiger partial charge in [0.15, 0.2) is 5.96 Å². The number of amides is 1. The Morgan fingerprint density at radius 3 is 2.48 bits per heavy atom. The monoisotopic (exact) mass is 405 g/mol. The molecule has 0 aromatic heterocycles. The SMILES string of the molecule is CCNC(=NCCNC(=O)C(C)C)NC1CCN(c2cc(OC)cc(OC)c2)C1. The second kappa shape index (κ2) is 11.4. The van der Waals surface area contributed by atoms with Gasteiger partial charge in [-0.25, -0.2) is 0 Å². The predicted molar refractivity (Wildman–Crippen MR) is 117 cm³/mol. The van der Waals surface area contributed by atoms with Crippen molar-refractivity contribution in [3.8, 4) is 11.5 Å². The average Bonchev–Trinajstić information content (AvgIpc) is 3.19. The molecule has 0 spiro atoms. The van der Waals surface area contributed by atoms with Crippen LogP contribution in [0.3, 0.4) is 0 Å². The molecule has 2 rings (SSSR count). The Hall–Kier alpha value is -2.64. The van der Waals surface area contributed by atoms with Crippen LogP contribution in [0.1, 0.15) is 27.2 Å². The summed E-state index contributed by atoms with van der Waals surface area (Å²) in [6.45, 7) is 9.48. The molecule has 8 heteroatoms. The van der Waals surface area contributed by atoms with E-state index in [0.29, 0.717) is 13.1 Å².